The number of pyridine rings is 1. The van der Waals surface area contributed by atoms with Gasteiger partial charge in [-0.3, -0.25) is 0 Å². The Morgan fingerprint density at radius 2 is 2.27 bits per heavy atom. The summed E-state index contributed by atoms with van der Waals surface area (Å²) >= 11 is 0. The number of aliphatic hydroxyl groups excluding tert-OH is 1. The molecule has 0 spiro atoms. The molecule has 0 aliphatic heterocycles. The Morgan fingerprint density at radius 3 is 2.87 bits per heavy atom. The Morgan fingerprint density at radius 1 is 1.47 bits per heavy atom. The summed E-state index contributed by atoms with van der Waals surface area (Å²) in [6.07, 6.45) is 3.98. The van der Waals surface area contributed by atoms with Crippen LogP contribution in [-0.2, 0) is 0 Å². The molecule has 1 aromatic rings. The SMILES string of the molecule is Cc1ccc(NCCCC(C)CO)nc1. The van der Waals surface area contributed by atoms with E-state index in [4.69, 9.17) is 5.11 Å². The number of anilines is 1. The maximum atomic E-state index is 8.85. The van der Waals surface area contributed by atoms with Gasteiger partial charge in [0.05, 0.1) is 0 Å². The zero-order chi connectivity index (χ0) is 11.1. The number of aromatic nitrogens is 1. The van der Waals surface area contributed by atoms with E-state index in [2.05, 4.69) is 17.2 Å². The first-order valence-electron chi connectivity index (χ1n) is 5.49. The largest absolute Gasteiger partial charge is 0.396 e. The van der Waals surface area contributed by atoms with Crippen molar-refractivity contribution in [2.45, 2.75) is 26.7 Å². The van der Waals surface area contributed by atoms with Gasteiger partial charge in [0.2, 0.25) is 0 Å². The third kappa shape index (κ3) is 4.79. The molecule has 15 heavy (non-hydrogen) atoms. The Kier molecular flexibility index (Phi) is 5.12. The number of rotatable bonds is 6. The van der Waals surface area contributed by atoms with Gasteiger partial charge in [-0.25, -0.2) is 4.98 Å². The molecule has 0 saturated heterocycles. The molecular weight excluding hydrogens is 188 g/mol. The first-order chi connectivity index (χ1) is 7.22. The Bertz CT molecular complexity index is 271. The van der Waals surface area contributed by atoms with Crippen LogP contribution >= 0.6 is 0 Å². The summed E-state index contributed by atoms with van der Waals surface area (Å²) in [5.74, 6) is 1.33. The molecule has 1 heterocycles. The minimum atomic E-state index is 0.281. The van der Waals surface area contributed by atoms with Crippen molar-refractivity contribution in [1.82, 2.24) is 4.98 Å². The molecule has 3 nitrogen and oxygen atoms in total. The van der Waals surface area contributed by atoms with Gasteiger partial charge in [0, 0.05) is 19.3 Å². The molecule has 0 fully saturated rings. The highest BCUT2D eigenvalue weighted by Crippen LogP contribution is 2.06. The van der Waals surface area contributed by atoms with Crippen LogP contribution in [0.2, 0.25) is 0 Å². The van der Waals surface area contributed by atoms with E-state index in [9.17, 15) is 0 Å². The van der Waals surface area contributed by atoms with E-state index >= 15 is 0 Å². The molecular formula is C12H20N2O. The minimum absolute atomic E-state index is 0.281. The molecule has 1 aromatic heterocycles. The van der Waals surface area contributed by atoms with E-state index in [0.29, 0.717) is 5.92 Å². The van der Waals surface area contributed by atoms with Crippen LogP contribution in [0, 0.1) is 12.8 Å². The van der Waals surface area contributed by atoms with Gasteiger partial charge in [0.25, 0.3) is 0 Å². The lowest BCUT2D eigenvalue weighted by Gasteiger charge is -2.08. The van der Waals surface area contributed by atoms with Crippen molar-refractivity contribution in [3.05, 3.63) is 23.9 Å². The first-order valence-corrected chi connectivity index (χ1v) is 5.49. The van der Waals surface area contributed by atoms with Crippen molar-refractivity contribution < 1.29 is 5.11 Å². The number of nitrogens with zero attached hydrogens (tertiary/aromatic N) is 1. The summed E-state index contributed by atoms with van der Waals surface area (Å²) in [5.41, 5.74) is 1.18. The van der Waals surface area contributed by atoms with Crippen LogP contribution in [0.3, 0.4) is 0 Å². The Balaban J connectivity index is 2.17. The zero-order valence-corrected chi connectivity index (χ0v) is 9.53. The van der Waals surface area contributed by atoms with E-state index in [1.807, 2.05) is 25.3 Å². The lowest BCUT2D eigenvalue weighted by molar-refractivity contribution is 0.229. The second-order valence-corrected chi connectivity index (χ2v) is 4.08. The number of hydrogen-bond donors (Lipinski definition) is 2. The zero-order valence-electron chi connectivity index (χ0n) is 9.53. The van der Waals surface area contributed by atoms with E-state index in [1.165, 1.54) is 5.56 Å². The lowest BCUT2D eigenvalue weighted by atomic mass is 10.1. The quantitative estimate of drug-likeness (QED) is 0.704. The summed E-state index contributed by atoms with van der Waals surface area (Å²) < 4.78 is 0. The van der Waals surface area contributed by atoms with Crippen LogP contribution in [0.1, 0.15) is 25.3 Å². The van der Waals surface area contributed by atoms with Gasteiger partial charge in [-0.2, -0.15) is 0 Å². The van der Waals surface area contributed by atoms with Gasteiger partial charge < -0.3 is 10.4 Å². The molecule has 0 amide bonds. The van der Waals surface area contributed by atoms with Gasteiger partial charge in [-0.1, -0.05) is 13.0 Å². The highest BCUT2D eigenvalue weighted by atomic mass is 16.3. The standard InChI is InChI=1S/C12H20N2O/c1-10-5-6-12(14-8-10)13-7-3-4-11(2)9-15/h5-6,8,11,15H,3-4,7,9H2,1-2H3,(H,13,14). The number of hydrogen-bond acceptors (Lipinski definition) is 3. The van der Waals surface area contributed by atoms with Crippen molar-refractivity contribution in [1.29, 1.82) is 0 Å². The van der Waals surface area contributed by atoms with Crippen molar-refractivity contribution >= 4 is 5.82 Å². The van der Waals surface area contributed by atoms with Gasteiger partial charge in [0.15, 0.2) is 0 Å². The van der Waals surface area contributed by atoms with Crippen LogP contribution in [-0.4, -0.2) is 23.2 Å². The van der Waals surface area contributed by atoms with Crippen molar-refractivity contribution in [3.8, 4) is 0 Å². The van der Waals surface area contributed by atoms with Crippen molar-refractivity contribution in [2.24, 2.45) is 5.92 Å². The average molecular weight is 208 g/mol. The predicted octanol–water partition coefficient (Wildman–Crippen LogP) is 2.21. The third-order valence-corrected chi connectivity index (χ3v) is 2.40. The summed E-state index contributed by atoms with van der Waals surface area (Å²) in [4.78, 5) is 4.25. The topological polar surface area (TPSA) is 45.1 Å². The maximum absolute atomic E-state index is 8.85. The molecule has 2 N–H and O–H groups in total. The summed E-state index contributed by atoms with van der Waals surface area (Å²) in [5, 5.41) is 12.1. The fourth-order valence-electron chi connectivity index (χ4n) is 1.33. The second kappa shape index (κ2) is 6.40. The van der Waals surface area contributed by atoms with Crippen LogP contribution < -0.4 is 5.32 Å². The average Bonchev–Trinajstić information content (AvgIpc) is 2.26. The van der Waals surface area contributed by atoms with Gasteiger partial charge in [0.1, 0.15) is 5.82 Å². The molecule has 1 rings (SSSR count). The number of aliphatic hydroxyl groups is 1. The molecule has 3 heteroatoms. The molecule has 0 saturated carbocycles. The van der Waals surface area contributed by atoms with E-state index in [1.54, 1.807) is 0 Å². The van der Waals surface area contributed by atoms with Crippen molar-refractivity contribution in [3.63, 3.8) is 0 Å². The van der Waals surface area contributed by atoms with Crippen LogP contribution in [0.4, 0.5) is 5.82 Å². The molecule has 0 aliphatic rings. The normalized spacial score (nSPS) is 12.5. The number of aryl methyl sites for hydroxylation is 1. The molecule has 0 bridgehead atoms. The number of nitrogens with one attached hydrogen (secondary N) is 1. The molecule has 1 atom stereocenters. The molecule has 0 aromatic carbocycles. The minimum Gasteiger partial charge on any atom is -0.396 e. The Hall–Kier alpha value is -1.09. The highest BCUT2D eigenvalue weighted by Gasteiger charge is 1.99. The maximum Gasteiger partial charge on any atom is 0.125 e. The molecule has 1 unspecified atom stereocenters. The predicted molar refractivity (Wildman–Crippen MR) is 62.9 cm³/mol. The van der Waals surface area contributed by atoms with Crippen molar-refractivity contribution in [2.75, 3.05) is 18.5 Å². The molecule has 84 valence electrons. The first kappa shape index (κ1) is 12.0. The van der Waals surface area contributed by atoms with Gasteiger partial charge >= 0.3 is 0 Å². The van der Waals surface area contributed by atoms with E-state index < -0.39 is 0 Å². The lowest BCUT2D eigenvalue weighted by Crippen LogP contribution is -2.07. The molecule has 0 aliphatic carbocycles. The van der Waals surface area contributed by atoms with Crippen LogP contribution in [0.25, 0.3) is 0 Å². The van der Waals surface area contributed by atoms with Crippen LogP contribution in [0.5, 0.6) is 0 Å². The fraction of sp³-hybridized carbons (Fsp3) is 0.583. The monoisotopic (exact) mass is 208 g/mol. The Labute approximate surface area is 91.5 Å². The van der Waals surface area contributed by atoms with E-state index in [0.717, 1.165) is 25.2 Å². The highest BCUT2D eigenvalue weighted by molar-refractivity contribution is 5.34. The summed E-state index contributed by atoms with van der Waals surface area (Å²) in [6.45, 7) is 5.28. The van der Waals surface area contributed by atoms with Gasteiger partial charge in [-0.05, 0) is 37.3 Å². The smallest absolute Gasteiger partial charge is 0.125 e. The molecule has 0 radical (unpaired) electrons. The van der Waals surface area contributed by atoms with E-state index in [-0.39, 0.29) is 6.61 Å². The summed E-state index contributed by atoms with van der Waals surface area (Å²) in [7, 11) is 0. The summed E-state index contributed by atoms with van der Waals surface area (Å²) in [6, 6.07) is 4.04. The fourth-order valence-corrected chi connectivity index (χ4v) is 1.33. The third-order valence-electron chi connectivity index (χ3n) is 2.40. The van der Waals surface area contributed by atoms with Crippen LogP contribution in [0.15, 0.2) is 18.3 Å². The second-order valence-electron chi connectivity index (χ2n) is 4.08. The van der Waals surface area contributed by atoms with Gasteiger partial charge in [-0.15, -0.1) is 0 Å².